The Hall–Kier alpha value is -2.88. The summed E-state index contributed by atoms with van der Waals surface area (Å²) < 4.78 is 0. The number of rotatable bonds is 4. The molecule has 2 atom stereocenters. The number of nitrogens with zero attached hydrogens (tertiary/aromatic N) is 3. The maximum absolute atomic E-state index is 4.77. The zero-order chi connectivity index (χ0) is 17.2. The number of nitrogens with one attached hydrogen (secondary N) is 1. The Morgan fingerprint density at radius 1 is 1.04 bits per heavy atom. The molecule has 0 saturated carbocycles. The third kappa shape index (κ3) is 3.07. The standard InChI is InChI=1S/C21H22N4/c1-15-14-18-10-6-7-11-19(18)25(15)21-22-13-12-20(24-21)23-16(2)17-8-4-3-5-9-17/h3-13,15-16H,14H2,1-2H3,(H,22,23,24). The lowest BCUT2D eigenvalue weighted by atomic mass is 10.1. The van der Waals surface area contributed by atoms with E-state index >= 15 is 0 Å². The molecule has 126 valence electrons. The van der Waals surface area contributed by atoms with Crippen LogP contribution in [0, 0.1) is 0 Å². The van der Waals surface area contributed by atoms with Gasteiger partial charge >= 0.3 is 0 Å². The van der Waals surface area contributed by atoms with Crippen LogP contribution in [0.2, 0.25) is 0 Å². The molecule has 0 aliphatic carbocycles. The van der Waals surface area contributed by atoms with Crippen molar-refractivity contribution >= 4 is 17.5 Å². The summed E-state index contributed by atoms with van der Waals surface area (Å²) in [6.07, 6.45) is 2.85. The second-order valence-corrected chi connectivity index (χ2v) is 6.57. The van der Waals surface area contributed by atoms with Crippen molar-refractivity contribution in [2.75, 3.05) is 10.2 Å². The van der Waals surface area contributed by atoms with Gasteiger partial charge in [0.15, 0.2) is 0 Å². The van der Waals surface area contributed by atoms with E-state index in [9.17, 15) is 0 Å². The van der Waals surface area contributed by atoms with Gasteiger partial charge in [0.1, 0.15) is 5.82 Å². The number of benzene rings is 2. The molecule has 0 spiro atoms. The van der Waals surface area contributed by atoms with Gasteiger partial charge in [-0.1, -0.05) is 48.5 Å². The van der Waals surface area contributed by atoms with E-state index in [0.717, 1.165) is 18.2 Å². The summed E-state index contributed by atoms with van der Waals surface area (Å²) in [5.41, 5.74) is 3.81. The van der Waals surface area contributed by atoms with Crippen molar-refractivity contribution in [1.82, 2.24) is 9.97 Å². The molecule has 4 nitrogen and oxygen atoms in total. The summed E-state index contributed by atoms with van der Waals surface area (Å²) in [5.74, 6) is 1.60. The molecule has 1 aliphatic heterocycles. The molecule has 2 unspecified atom stereocenters. The Balaban J connectivity index is 1.60. The maximum Gasteiger partial charge on any atom is 0.232 e. The van der Waals surface area contributed by atoms with Crippen LogP contribution in [0.25, 0.3) is 0 Å². The number of anilines is 3. The van der Waals surface area contributed by atoms with Gasteiger partial charge in [-0.05, 0) is 43.5 Å². The van der Waals surface area contributed by atoms with Gasteiger partial charge in [-0.2, -0.15) is 4.98 Å². The molecule has 0 radical (unpaired) electrons. The van der Waals surface area contributed by atoms with Crippen LogP contribution in [0.3, 0.4) is 0 Å². The average molecular weight is 330 g/mol. The van der Waals surface area contributed by atoms with Crippen molar-refractivity contribution < 1.29 is 0 Å². The lowest BCUT2D eigenvalue weighted by Gasteiger charge is -2.23. The van der Waals surface area contributed by atoms with E-state index in [1.54, 1.807) is 0 Å². The minimum atomic E-state index is 0.187. The van der Waals surface area contributed by atoms with Crippen molar-refractivity contribution in [3.63, 3.8) is 0 Å². The first-order chi connectivity index (χ1) is 12.2. The van der Waals surface area contributed by atoms with Crippen LogP contribution in [0.5, 0.6) is 0 Å². The van der Waals surface area contributed by atoms with Gasteiger partial charge in [-0.15, -0.1) is 0 Å². The molecule has 0 bridgehead atoms. The highest BCUT2D eigenvalue weighted by molar-refractivity contribution is 5.67. The zero-order valence-corrected chi connectivity index (χ0v) is 14.6. The van der Waals surface area contributed by atoms with E-state index in [2.05, 4.69) is 77.6 Å². The van der Waals surface area contributed by atoms with E-state index in [1.807, 2.05) is 18.3 Å². The van der Waals surface area contributed by atoms with Gasteiger partial charge in [0.05, 0.1) is 0 Å². The summed E-state index contributed by atoms with van der Waals surface area (Å²) in [6, 6.07) is 21.4. The Morgan fingerprint density at radius 2 is 1.80 bits per heavy atom. The van der Waals surface area contributed by atoms with Crippen molar-refractivity contribution in [3.8, 4) is 0 Å². The van der Waals surface area contributed by atoms with E-state index in [-0.39, 0.29) is 6.04 Å². The lowest BCUT2D eigenvalue weighted by molar-refractivity contribution is 0.739. The molecule has 0 saturated heterocycles. The molecular weight excluding hydrogens is 308 g/mol. The Labute approximate surface area is 148 Å². The second kappa shape index (κ2) is 6.55. The molecular formula is C21H22N4. The van der Waals surface area contributed by atoms with Crippen molar-refractivity contribution in [2.45, 2.75) is 32.4 Å². The smallest absolute Gasteiger partial charge is 0.232 e. The quantitative estimate of drug-likeness (QED) is 0.750. The van der Waals surface area contributed by atoms with E-state index in [1.165, 1.54) is 16.8 Å². The van der Waals surface area contributed by atoms with E-state index in [0.29, 0.717) is 6.04 Å². The third-order valence-electron chi connectivity index (χ3n) is 4.73. The normalized spacial score (nSPS) is 17.2. The van der Waals surface area contributed by atoms with Crippen molar-refractivity contribution in [1.29, 1.82) is 0 Å². The molecule has 2 aromatic carbocycles. The molecule has 0 amide bonds. The van der Waals surface area contributed by atoms with Gasteiger partial charge in [0.25, 0.3) is 0 Å². The van der Waals surface area contributed by atoms with Crippen LogP contribution >= 0.6 is 0 Å². The van der Waals surface area contributed by atoms with Crippen LogP contribution in [0.1, 0.15) is 31.0 Å². The van der Waals surface area contributed by atoms with Gasteiger partial charge in [0.2, 0.25) is 5.95 Å². The molecule has 1 N–H and O–H groups in total. The average Bonchev–Trinajstić information content (AvgIpc) is 2.98. The Morgan fingerprint density at radius 3 is 2.64 bits per heavy atom. The predicted molar refractivity (Wildman–Crippen MR) is 102 cm³/mol. The number of para-hydroxylation sites is 1. The van der Waals surface area contributed by atoms with Crippen LogP contribution in [-0.4, -0.2) is 16.0 Å². The topological polar surface area (TPSA) is 41.1 Å². The fourth-order valence-corrected chi connectivity index (χ4v) is 3.46. The van der Waals surface area contributed by atoms with E-state index in [4.69, 9.17) is 4.98 Å². The molecule has 0 fully saturated rings. The fraction of sp³-hybridized carbons (Fsp3) is 0.238. The Bertz CT molecular complexity index is 863. The molecule has 1 aromatic heterocycles. The number of hydrogen-bond acceptors (Lipinski definition) is 4. The molecule has 25 heavy (non-hydrogen) atoms. The SMILES string of the molecule is CC(Nc1ccnc(N2c3ccccc3CC2C)n1)c1ccccc1. The highest BCUT2D eigenvalue weighted by Crippen LogP contribution is 2.36. The largest absolute Gasteiger partial charge is 0.363 e. The van der Waals surface area contributed by atoms with Crippen LogP contribution in [-0.2, 0) is 6.42 Å². The highest BCUT2D eigenvalue weighted by atomic mass is 15.3. The summed E-state index contributed by atoms with van der Waals surface area (Å²) in [5, 5.41) is 3.48. The van der Waals surface area contributed by atoms with Gasteiger partial charge < -0.3 is 10.2 Å². The first kappa shape index (κ1) is 15.6. The van der Waals surface area contributed by atoms with Gasteiger partial charge in [-0.25, -0.2) is 4.98 Å². The minimum Gasteiger partial charge on any atom is -0.363 e. The fourth-order valence-electron chi connectivity index (χ4n) is 3.46. The van der Waals surface area contributed by atoms with Crippen molar-refractivity contribution in [3.05, 3.63) is 78.0 Å². The number of fused-ring (bicyclic) bond motifs is 1. The van der Waals surface area contributed by atoms with Gasteiger partial charge in [0, 0.05) is 24.0 Å². The third-order valence-corrected chi connectivity index (χ3v) is 4.73. The lowest BCUT2D eigenvalue weighted by Crippen LogP contribution is -2.26. The first-order valence-electron chi connectivity index (χ1n) is 8.74. The van der Waals surface area contributed by atoms with E-state index < -0.39 is 0 Å². The number of aromatic nitrogens is 2. The minimum absolute atomic E-state index is 0.187. The molecule has 3 aromatic rings. The summed E-state index contributed by atoms with van der Waals surface area (Å²) in [6.45, 7) is 4.36. The first-order valence-corrected chi connectivity index (χ1v) is 8.74. The Kier molecular flexibility index (Phi) is 4.10. The predicted octanol–water partition coefficient (Wildman–Crippen LogP) is 4.73. The summed E-state index contributed by atoms with van der Waals surface area (Å²) >= 11 is 0. The van der Waals surface area contributed by atoms with Crippen LogP contribution in [0.15, 0.2) is 66.9 Å². The van der Waals surface area contributed by atoms with Crippen molar-refractivity contribution in [2.24, 2.45) is 0 Å². The summed E-state index contributed by atoms with van der Waals surface area (Å²) in [4.78, 5) is 11.5. The monoisotopic (exact) mass is 330 g/mol. The molecule has 4 rings (SSSR count). The molecule has 2 heterocycles. The molecule has 1 aliphatic rings. The maximum atomic E-state index is 4.77. The summed E-state index contributed by atoms with van der Waals surface area (Å²) in [7, 11) is 0. The van der Waals surface area contributed by atoms with Gasteiger partial charge in [-0.3, -0.25) is 0 Å². The molecule has 4 heteroatoms. The van der Waals surface area contributed by atoms with Crippen LogP contribution in [0.4, 0.5) is 17.5 Å². The second-order valence-electron chi connectivity index (χ2n) is 6.57. The van der Waals surface area contributed by atoms with Crippen LogP contribution < -0.4 is 10.2 Å². The highest BCUT2D eigenvalue weighted by Gasteiger charge is 2.28. The zero-order valence-electron chi connectivity index (χ0n) is 14.6. The number of hydrogen-bond donors (Lipinski definition) is 1.